The van der Waals surface area contributed by atoms with Crippen molar-refractivity contribution in [1.82, 2.24) is 0 Å². The minimum atomic E-state index is -0.947. The van der Waals surface area contributed by atoms with Gasteiger partial charge in [0.1, 0.15) is 17.5 Å². The standard InChI is InChI=1S/C19H34O6.C2H6.CH4S/c1-11(16(14(4)20)15(5)21)12(2)17(22)13(3)18(23)25-10-24-9-19(6,7)8;2*1-2/h11-14,16,20H,9-10H2,1-8H3;1-2H3;2H,1H3. The predicted octanol–water partition coefficient (Wildman–Crippen LogP) is 4.19. The van der Waals surface area contributed by atoms with Gasteiger partial charge in [-0.2, -0.15) is 12.6 Å². The second kappa shape index (κ2) is 16.8. The molecule has 0 aliphatic rings. The molecule has 0 fully saturated rings. The molecule has 0 saturated carbocycles. The van der Waals surface area contributed by atoms with E-state index in [9.17, 15) is 19.5 Å². The van der Waals surface area contributed by atoms with Crippen LogP contribution in [0.25, 0.3) is 0 Å². The third-order valence-electron chi connectivity index (χ3n) is 4.39. The Kier molecular flexibility index (Phi) is 19.0. The van der Waals surface area contributed by atoms with Crippen LogP contribution >= 0.6 is 12.6 Å². The highest BCUT2D eigenvalue weighted by Gasteiger charge is 2.37. The molecule has 29 heavy (non-hydrogen) atoms. The molecule has 5 atom stereocenters. The number of hydrogen-bond donors (Lipinski definition) is 2. The molecule has 0 heterocycles. The van der Waals surface area contributed by atoms with Crippen LogP contribution < -0.4 is 0 Å². The first-order chi connectivity index (χ1) is 13.3. The Morgan fingerprint density at radius 3 is 1.79 bits per heavy atom. The third-order valence-corrected chi connectivity index (χ3v) is 4.39. The van der Waals surface area contributed by atoms with E-state index in [1.54, 1.807) is 20.1 Å². The number of ketones is 2. The van der Waals surface area contributed by atoms with Crippen LogP contribution in [0.5, 0.6) is 0 Å². The van der Waals surface area contributed by atoms with Gasteiger partial charge in [0.25, 0.3) is 0 Å². The number of hydrogen-bond acceptors (Lipinski definition) is 7. The molecule has 0 aromatic carbocycles. The maximum atomic E-state index is 12.5. The van der Waals surface area contributed by atoms with Crippen molar-refractivity contribution in [3.8, 4) is 0 Å². The summed E-state index contributed by atoms with van der Waals surface area (Å²) in [7, 11) is 0. The molecule has 6 nitrogen and oxygen atoms in total. The summed E-state index contributed by atoms with van der Waals surface area (Å²) in [5, 5.41) is 9.80. The van der Waals surface area contributed by atoms with Crippen molar-refractivity contribution in [3.63, 3.8) is 0 Å². The SMILES string of the molecule is CC.CC(=O)C(C(C)O)C(C)C(C)C(=O)C(C)C(=O)OCOCC(C)(C)C.CS. The first-order valence-electron chi connectivity index (χ1n) is 10.2. The summed E-state index contributed by atoms with van der Waals surface area (Å²) in [6.45, 7) is 18.1. The fraction of sp³-hybridized carbons (Fsp3) is 0.864. The fourth-order valence-corrected chi connectivity index (χ4v) is 2.80. The van der Waals surface area contributed by atoms with Crippen LogP contribution in [0.2, 0.25) is 0 Å². The lowest BCUT2D eigenvalue weighted by molar-refractivity contribution is -0.165. The molecule has 0 aliphatic heterocycles. The molecule has 0 amide bonds. The molecule has 0 rings (SSSR count). The van der Waals surface area contributed by atoms with E-state index in [1.165, 1.54) is 20.8 Å². The number of thiol groups is 1. The Bertz CT molecular complexity index is 470. The van der Waals surface area contributed by atoms with Gasteiger partial charge < -0.3 is 14.6 Å². The zero-order valence-corrected chi connectivity index (χ0v) is 21.1. The number of carbonyl (C=O) groups excluding carboxylic acids is 3. The minimum absolute atomic E-state index is 0.0412. The molecule has 0 aromatic rings. The topological polar surface area (TPSA) is 89.9 Å². The van der Waals surface area contributed by atoms with Gasteiger partial charge in [0.15, 0.2) is 6.79 Å². The van der Waals surface area contributed by atoms with Crippen molar-refractivity contribution in [2.75, 3.05) is 19.7 Å². The summed E-state index contributed by atoms with van der Waals surface area (Å²) in [5.41, 5.74) is -0.0412. The van der Waals surface area contributed by atoms with Gasteiger partial charge in [0.05, 0.1) is 12.7 Å². The van der Waals surface area contributed by atoms with E-state index in [1.807, 2.05) is 34.6 Å². The number of ether oxygens (including phenoxy) is 2. The van der Waals surface area contributed by atoms with Gasteiger partial charge in [-0.05, 0) is 38.4 Å². The van der Waals surface area contributed by atoms with E-state index in [2.05, 4.69) is 12.6 Å². The molecule has 0 bridgehead atoms. The molecule has 0 saturated heterocycles. The number of aliphatic hydroxyl groups is 1. The largest absolute Gasteiger partial charge is 0.438 e. The van der Waals surface area contributed by atoms with E-state index >= 15 is 0 Å². The van der Waals surface area contributed by atoms with Crippen molar-refractivity contribution in [2.24, 2.45) is 29.1 Å². The number of rotatable bonds is 10. The lowest BCUT2D eigenvalue weighted by Crippen LogP contribution is -2.39. The maximum Gasteiger partial charge on any atom is 0.318 e. The third kappa shape index (κ3) is 13.8. The number of aliphatic hydroxyl groups excluding tert-OH is 1. The van der Waals surface area contributed by atoms with Crippen molar-refractivity contribution >= 4 is 30.2 Å². The van der Waals surface area contributed by atoms with E-state index in [0.717, 1.165) is 0 Å². The number of esters is 1. The smallest absolute Gasteiger partial charge is 0.318 e. The summed E-state index contributed by atoms with van der Waals surface area (Å²) in [4.78, 5) is 36.3. The maximum absolute atomic E-state index is 12.5. The van der Waals surface area contributed by atoms with E-state index < -0.39 is 29.8 Å². The van der Waals surface area contributed by atoms with Crippen LogP contribution in [0.3, 0.4) is 0 Å². The number of carbonyl (C=O) groups is 3. The highest BCUT2D eigenvalue weighted by atomic mass is 32.1. The summed E-state index contributed by atoms with van der Waals surface area (Å²) in [5.74, 6) is -3.64. The lowest BCUT2D eigenvalue weighted by atomic mass is 9.75. The van der Waals surface area contributed by atoms with Crippen molar-refractivity contribution in [3.05, 3.63) is 0 Å². The van der Waals surface area contributed by atoms with Gasteiger partial charge in [-0.3, -0.25) is 14.4 Å². The number of Topliss-reactive ketones (excluding diaryl/α,β-unsaturated/α-hetero) is 2. The average Bonchev–Trinajstić information content (AvgIpc) is 2.65. The quantitative estimate of drug-likeness (QED) is 0.175. The van der Waals surface area contributed by atoms with Crippen molar-refractivity contribution in [1.29, 1.82) is 0 Å². The predicted molar refractivity (Wildman–Crippen MR) is 121 cm³/mol. The van der Waals surface area contributed by atoms with Gasteiger partial charge in [0, 0.05) is 11.8 Å². The van der Waals surface area contributed by atoms with Gasteiger partial charge in [-0.15, -0.1) is 0 Å². The van der Waals surface area contributed by atoms with Gasteiger partial charge in [0.2, 0.25) is 0 Å². The van der Waals surface area contributed by atoms with E-state index in [4.69, 9.17) is 9.47 Å². The summed E-state index contributed by atoms with van der Waals surface area (Å²) >= 11 is 3.53. The van der Waals surface area contributed by atoms with Crippen LogP contribution in [0.15, 0.2) is 0 Å². The second-order valence-corrected chi connectivity index (χ2v) is 8.14. The zero-order chi connectivity index (χ0) is 23.9. The Morgan fingerprint density at radius 1 is 1.00 bits per heavy atom. The Labute approximate surface area is 183 Å². The molecule has 1 N–H and O–H groups in total. The Balaban J connectivity index is -0.00000158. The van der Waals surface area contributed by atoms with Crippen LogP contribution in [0, 0.1) is 29.1 Å². The monoisotopic (exact) mass is 436 g/mol. The summed E-state index contributed by atoms with van der Waals surface area (Å²) in [6.07, 6.45) is 0.843. The normalized spacial score (nSPS) is 15.9. The molecule has 0 radical (unpaired) electrons. The highest BCUT2D eigenvalue weighted by molar-refractivity contribution is 7.79. The van der Waals surface area contributed by atoms with Gasteiger partial charge in [-0.1, -0.05) is 48.5 Å². The average molecular weight is 437 g/mol. The van der Waals surface area contributed by atoms with Crippen molar-refractivity contribution in [2.45, 2.75) is 75.3 Å². The Hall–Kier alpha value is -0.920. The molecule has 174 valence electrons. The molecule has 7 heteroatoms. The van der Waals surface area contributed by atoms with E-state index in [0.29, 0.717) is 6.61 Å². The van der Waals surface area contributed by atoms with Crippen LogP contribution in [0.1, 0.15) is 69.2 Å². The molecular formula is C22H44O6S. The zero-order valence-electron chi connectivity index (χ0n) is 20.2. The summed E-state index contributed by atoms with van der Waals surface area (Å²) < 4.78 is 10.3. The molecule has 5 unspecified atom stereocenters. The second-order valence-electron chi connectivity index (χ2n) is 8.14. The summed E-state index contributed by atoms with van der Waals surface area (Å²) in [6, 6.07) is 0. The molecule has 0 aliphatic carbocycles. The fourth-order valence-electron chi connectivity index (χ4n) is 2.80. The molecule has 0 aromatic heterocycles. The molecule has 0 spiro atoms. The first-order valence-corrected chi connectivity index (χ1v) is 11.1. The van der Waals surface area contributed by atoms with Crippen LogP contribution in [0.4, 0.5) is 0 Å². The Morgan fingerprint density at radius 2 is 1.45 bits per heavy atom. The first kappa shape index (κ1) is 32.7. The van der Waals surface area contributed by atoms with Crippen molar-refractivity contribution < 1.29 is 29.0 Å². The van der Waals surface area contributed by atoms with Gasteiger partial charge >= 0.3 is 5.97 Å². The molecular weight excluding hydrogens is 392 g/mol. The van der Waals surface area contributed by atoms with Crippen LogP contribution in [-0.2, 0) is 23.9 Å². The van der Waals surface area contributed by atoms with E-state index in [-0.39, 0.29) is 29.7 Å². The van der Waals surface area contributed by atoms with Gasteiger partial charge in [-0.25, -0.2) is 0 Å². The highest BCUT2D eigenvalue weighted by Crippen LogP contribution is 2.27. The lowest BCUT2D eigenvalue weighted by Gasteiger charge is -2.29. The van der Waals surface area contributed by atoms with Crippen LogP contribution in [-0.4, -0.2) is 48.4 Å². The minimum Gasteiger partial charge on any atom is -0.438 e.